The van der Waals surface area contributed by atoms with Crippen LogP contribution in [0.3, 0.4) is 0 Å². The minimum absolute atomic E-state index is 0.0463. The minimum Gasteiger partial charge on any atom is -0.356 e. The van der Waals surface area contributed by atoms with Gasteiger partial charge in [-0.2, -0.15) is 0 Å². The standard InChI is InChI=1S/C8H17ClN2O3S/c1-15(13,14)11-7-3-6-10-8(12)4-2-5-9/h11H,2-7H2,1H3,(H,10,12). The summed E-state index contributed by atoms with van der Waals surface area (Å²) in [6.07, 6.45) is 2.77. The fourth-order valence-electron chi connectivity index (χ4n) is 0.890. The van der Waals surface area contributed by atoms with Crippen molar-refractivity contribution in [3.8, 4) is 0 Å². The Kier molecular flexibility index (Phi) is 7.72. The van der Waals surface area contributed by atoms with Crippen molar-refractivity contribution in [2.45, 2.75) is 19.3 Å². The molecule has 0 aromatic heterocycles. The van der Waals surface area contributed by atoms with E-state index in [0.717, 1.165) is 6.26 Å². The minimum atomic E-state index is -3.12. The number of nitrogens with one attached hydrogen (secondary N) is 2. The van der Waals surface area contributed by atoms with Crippen molar-refractivity contribution in [3.63, 3.8) is 0 Å². The monoisotopic (exact) mass is 256 g/mol. The van der Waals surface area contributed by atoms with Crippen LogP contribution in [0.4, 0.5) is 0 Å². The molecule has 0 aliphatic carbocycles. The van der Waals surface area contributed by atoms with E-state index in [0.29, 0.717) is 38.2 Å². The summed E-state index contributed by atoms with van der Waals surface area (Å²) < 4.78 is 23.7. The lowest BCUT2D eigenvalue weighted by atomic mass is 10.3. The van der Waals surface area contributed by atoms with Gasteiger partial charge in [0, 0.05) is 25.4 Å². The quantitative estimate of drug-likeness (QED) is 0.476. The van der Waals surface area contributed by atoms with Crippen molar-refractivity contribution in [2.24, 2.45) is 0 Å². The number of rotatable bonds is 8. The predicted molar refractivity (Wildman–Crippen MR) is 60.4 cm³/mol. The topological polar surface area (TPSA) is 75.3 Å². The van der Waals surface area contributed by atoms with E-state index >= 15 is 0 Å². The molecule has 7 heteroatoms. The maximum atomic E-state index is 11.1. The number of halogens is 1. The highest BCUT2D eigenvalue weighted by Gasteiger charge is 2.01. The SMILES string of the molecule is CS(=O)(=O)NCCCNC(=O)CCCCl. The first-order chi connectivity index (χ1) is 6.95. The van der Waals surface area contributed by atoms with Gasteiger partial charge in [-0.25, -0.2) is 13.1 Å². The van der Waals surface area contributed by atoms with Gasteiger partial charge in [0.15, 0.2) is 0 Å². The van der Waals surface area contributed by atoms with E-state index in [1.165, 1.54) is 0 Å². The largest absolute Gasteiger partial charge is 0.356 e. The molecule has 0 saturated carbocycles. The highest BCUT2D eigenvalue weighted by molar-refractivity contribution is 7.88. The van der Waals surface area contributed by atoms with Crippen LogP contribution < -0.4 is 10.0 Å². The third-order valence-electron chi connectivity index (χ3n) is 1.58. The first kappa shape index (κ1) is 14.7. The zero-order chi connectivity index (χ0) is 11.7. The van der Waals surface area contributed by atoms with Crippen LogP contribution in [0.25, 0.3) is 0 Å². The van der Waals surface area contributed by atoms with Crippen molar-refractivity contribution < 1.29 is 13.2 Å². The highest BCUT2D eigenvalue weighted by Crippen LogP contribution is 1.91. The van der Waals surface area contributed by atoms with E-state index in [1.807, 2.05) is 0 Å². The Balaban J connectivity index is 3.35. The zero-order valence-corrected chi connectivity index (χ0v) is 10.3. The van der Waals surface area contributed by atoms with Crippen LogP contribution in [-0.4, -0.2) is 39.6 Å². The molecule has 0 aromatic rings. The smallest absolute Gasteiger partial charge is 0.220 e. The molecule has 0 heterocycles. The van der Waals surface area contributed by atoms with Gasteiger partial charge in [-0.15, -0.1) is 11.6 Å². The van der Waals surface area contributed by atoms with Crippen molar-refractivity contribution in [3.05, 3.63) is 0 Å². The fraction of sp³-hybridized carbons (Fsp3) is 0.875. The predicted octanol–water partition coefficient (Wildman–Crippen LogP) is 0.0609. The molecule has 15 heavy (non-hydrogen) atoms. The zero-order valence-electron chi connectivity index (χ0n) is 8.75. The van der Waals surface area contributed by atoms with Crippen molar-refractivity contribution in [1.29, 1.82) is 0 Å². The van der Waals surface area contributed by atoms with E-state index in [1.54, 1.807) is 0 Å². The Labute approximate surface area is 95.6 Å². The van der Waals surface area contributed by atoms with E-state index in [2.05, 4.69) is 10.0 Å². The van der Waals surface area contributed by atoms with Gasteiger partial charge in [0.05, 0.1) is 6.26 Å². The number of alkyl halides is 1. The molecule has 0 aromatic carbocycles. The average molecular weight is 257 g/mol. The molecular formula is C8H17ClN2O3S. The summed E-state index contributed by atoms with van der Waals surface area (Å²) >= 11 is 5.42. The van der Waals surface area contributed by atoms with Crippen molar-refractivity contribution in [1.82, 2.24) is 10.0 Å². The van der Waals surface area contributed by atoms with Gasteiger partial charge in [-0.05, 0) is 12.8 Å². The molecule has 90 valence electrons. The molecule has 0 aliphatic rings. The van der Waals surface area contributed by atoms with Gasteiger partial charge < -0.3 is 5.32 Å². The summed E-state index contributed by atoms with van der Waals surface area (Å²) in [5.74, 6) is 0.429. The molecule has 0 radical (unpaired) electrons. The van der Waals surface area contributed by atoms with Gasteiger partial charge in [-0.1, -0.05) is 0 Å². The van der Waals surface area contributed by atoms with Crippen LogP contribution in [0, 0.1) is 0 Å². The Morgan fingerprint density at radius 2 is 1.93 bits per heavy atom. The van der Waals surface area contributed by atoms with Crippen LogP contribution in [0.2, 0.25) is 0 Å². The molecule has 0 spiro atoms. The molecule has 0 rings (SSSR count). The Morgan fingerprint density at radius 3 is 2.47 bits per heavy atom. The molecule has 1 amide bonds. The third-order valence-corrected chi connectivity index (χ3v) is 2.57. The Hall–Kier alpha value is -0.330. The van der Waals surface area contributed by atoms with Gasteiger partial charge in [0.1, 0.15) is 0 Å². The Morgan fingerprint density at radius 1 is 1.27 bits per heavy atom. The fourth-order valence-corrected chi connectivity index (χ4v) is 1.54. The molecule has 0 saturated heterocycles. The number of hydrogen-bond acceptors (Lipinski definition) is 3. The van der Waals surface area contributed by atoms with Crippen molar-refractivity contribution in [2.75, 3.05) is 25.2 Å². The first-order valence-electron chi connectivity index (χ1n) is 4.73. The van der Waals surface area contributed by atoms with Crippen molar-refractivity contribution >= 4 is 27.5 Å². The van der Waals surface area contributed by atoms with E-state index in [-0.39, 0.29) is 5.91 Å². The summed E-state index contributed by atoms with van der Waals surface area (Å²) in [5.41, 5.74) is 0. The second-order valence-electron chi connectivity index (χ2n) is 3.16. The second-order valence-corrected chi connectivity index (χ2v) is 5.37. The molecule has 0 atom stereocenters. The molecule has 2 N–H and O–H groups in total. The van der Waals surface area contributed by atoms with Crippen LogP contribution in [0.15, 0.2) is 0 Å². The first-order valence-corrected chi connectivity index (χ1v) is 7.15. The van der Waals surface area contributed by atoms with E-state index < -0.39 is 10.0 Å². The number of hydrogen-bond donors (Lipinski definition) is 2. The molecule has 0 unspecified atom stereocenters. The highest BCUT2D eigenvalue weighted by atomic mass is 35.5. The molecule has 0 bridgehead atoms. The van der Waals surface area contributed by atoms with Gasteiger partial charge in [0.2, 0.25) is 15.9 Å². The summed E-state index contributed by atoms with van der Waals surface area (Å²) in [4.78, 5) is 11.1. The summed E-state index contributed by atoms with van der Waals surface area (Å²) in [7, 11) is -3.12. The normalized spacial score (nSPS) is 11.3. The number of amides is 1. The summed E-state index contributed by atoms with van der Waals surface area (Å²) in [6.45, 7) is 0.818. The lowest BCUT2D eigenvalue weighted by Crippen LogP contribution is -2.29. The van der Waals surface area contributed by atoms with Crippen LogP contribution in [0.5, 0.6) is 0 Å². The molecular weight excluding hydrogens is 240 g/mol. The number of carbonyl (C=O) groups is 1. The maximum absolute atomic E-state index is 11.1. The lowest BCUT2D eigenvalue weighted by Gasteiger charge is -2.04. The van der Waals surface area contributed by atoms with Crippen LogP contribution in [0.1, 0.15) is 19.3 Å². The second kappa shape index (κ2) is 7.90. The lowest BCUT2D eigenvalue weighted by molar-refractivity contribution is -0.121. The molecule has 0 aliphatic heterocycles. The van der Waals surface area contributed by atoms with Gasteiger partial charge in [0.25, 0.3) is 0 Å². The molecule has 0 fully saturated rings. The number of carbonyl (C=O) groups excluding carboxylic acids is 1. The third kappa shape index (κ3) is 11.6. The average Bonchev–Trinajstić information content (AvgIpc) is 2.12. The Bertz CT molecular complexity index is 280. The van der Waals surface area contributed by atoms with Crippen LogP contribution >= 0.6 is 11.6 Å². The number of sulfonamides is 1. The molecule has 5 nitrogen and oxygen atoms in total. The van der Waals surface area contributed by atoms with Gasteiger partial charge in [-0.3, -0.25) is 4.79 Å². The van der Waals surface area contributed by atoms with E-state index in [9.17, 15) is 13.2 Å². The summed E-state index contributed by atoms with van der Waals surface area (Å²) in [6, 6.07) is 0. The van der Waals surface area contributed by atoms with Crippen LogP contribution in [-0.2, 0) is 14.8 Å². The maximum Gasteiger partial charge on any atom is 0.220 e. The van der Waals surface area contributed by atoms with Gasteiger partial charge >= 0.3 is 0 Å². The summed E-state index contributed by atoms with van der Waals surface area (Å²) in [5, 5.41) is 2.67. The van der Waals surface area contributed by atoms with E-state index in [4.69, 9.17) is 11.6 Å².